The number of hydrogen-bond donors (Lipinski definition) is 0. The number of allylic oxidation sites excluding steroid dienone is 2. The van der Waals surface area contributed by atoms with Crippen LogP contribution in [0, 0.1) is 11.8 Å². The topological polar surface area (TPSA) is 52.6 Å². The van der Waals surface area contributed by atoms with Crippen LogP contribution < -0.4 is 0 Å². The number of carbonyl (C=O) groups excluding carboxylic acids is 2. The molecule has 0 aromatic rings. The molecule has 0 aliphatic heterocycles. The van der Waals surface area contributed by atoms with Crippen molar-refractivity contribution in [3.05, 3.63) is 22.8 Å². The van der Waals surface area contributed by atoms with Crippen LogP contribution in [0.2, 0.25) is 0 Å². The van der Waals surface area contributed by atoms with Gasteiger partial charge in [-0.15, -0.1) is 0 Å². The molecule has 4 heteroatoms. The zero-order valence-corrected chi connectivity index (χ0v) is 13.8. The number of carbonyl (C=O) groups is 2. The van der Waals surface area contributed by atoms with Gasteiger partial charge in [0.25, 0.3) is 0 Å². The molecule has 22 heavy (non-hydrogen) atoms. The summed E-state index contributed by atoms with van der Waals surface area (Å²) in [5.41, 5.74) is 2.23. The predicted molar refractivity (Wildman–Crippen MR) is 84.1 cm³/mol. The van der Waals surface area contributed by atoms with Crippen LogP contribution in [0.1, 0.15) is 52.9 Å². The molecule has 122 valence electrons. The van der Waals surface area contributed by atoms with Gasteiger partial charge in [0, 0.05) is 11.8 Å². The van der Waals surface area contributed by atoms with E-state index in [2.05, 4.69) is 13.0 Å². The summed E-state index contributed by atoms with van der Waals surface area (Å²) < 4.78 is 10.5. The van der Waals surface area contributed by atoms with Gasteiger partial charge < -0.3 is 9.47 Å². The van der Waals surface area contributed by atoms with Gasteiger partial charge in [0.2, 0.25) is 0 Å². The smallest absolute Gasteiger partial charge is 0.335 e. The lowest BCUT2D eigenvalue weighted by atomic mass is 9.92. The van der Waals surface area contributed by atoms with Crippen molar-refractivity contribution >= 4 is 11.9 Å². The molecule has 2 aliphatic carbocycles. The Morgan fingerprint density at radius 3 is 2.50 bits per heavy atom. The number of rotatable bonds is 8. The Labute approximate surface area is 132 Å². The Balaban J connectivity index is 2.04. The van der Waals surface area contributed by atoms with Gasteiger partial charge in [-0.1, -0.05) is 37.8 Å². The highest BCUT2D eigenvalue weighted by Gasteiger charge is 2.45. The number of fused-ring (bicyclic) bond motifs is 2. The summed E-state index contributed by atoms with van der Waals surface area (Å²) in [5.74, 6) is -0.643. The molecule has 0 aromatic heterocycles. The SMILES string of the molecule is CCCCCCOC(=O)C1=C(C(=O)OCC)C2C=C(C)C1C2. The minimum Gasteiger partial charge on any atom is -0.463 e. The second kappa shape index (κ2) is 7.61. The Morgan fingerprint density at radius 1 is 1.09 bits per heavy atom. The third-order valence-electron chi connectivity index (χ3n) is 4.46. The summed E-state index contributed by atoms with van der Waals surface area (Å²) in [6.45, 7) is 6.69. The lowest BCUT2D eigenvalue weighted by Crippen LogP contribution is -2.21. The molecule has 0 fully saturated rings. The third kappa shape index (κ3) is 3.42. The van der Waals surface area contributed by atoms with Gasteiger partial charge in [0.1, 0.15) is 0 Å². The summed E-state index contributed by atoms with van der Waals surface area (Å²) in [5, 5.41) is 0. The first-order valence-electron chi connectivity index (χ1n) is 8.36. The van der Waals surface area contributed by atoms with Gasteiger partial charge in [-0.05, 0) is 26.7 Å². The lowest BCUT2D eigenvalue weighted by Gasteiger charge is -2.17. The second-order valence-electron chi connectivity index (χ2n) is 6.05. The molecule has 0 heterocycles. The van der Waals surface area contributed by atoms with E-state index in [0.717, 1.165) is 37.7 Å². The second-order valence-corrected chi connectivity index (χ2v) is 6.05. The summed E-state index contributed by atoms with van der Waals surface area (Å²) in [7, 11) is 0. The summed E-state index contributed by atoms with van der Waals surface area (Å²) in [4.78, 5) is 24.6. The molecule has 0 N–H and O–H groups in total. The standard InChI is InChI=1S/C18H26O4/c1-4-6-7-8-9-22-18(20)16-14-11-13(10-12(14)3)15(16)17(19)21-5-2/h10,13-14H,4-9,11H2,1-3H3. The molecule has 0 spiro atoms. The van der Waals surface area contributed by atoms with Crippen LogP contribution in [0.3, 0.4) is 0 Å². The zero-order valence-electron chi connectivity index (χ0n) is 13.8. The molecule has 2 atom stereocenters. The van der Waals surface area contributed by atoms with E-state index in [0.29, 0.717) is 24.4 Å². The number of hydrogen-bond acceptors (Lipinski definition) is 4. The molecule has 4 nitrogen and oxygen atoms in total. The number of unbranched alkanes of at least 4 members (excludes halogenated alkanes) is 3. The minimum atomic E-state index is -0.364. The molecule has 0 aromatic carbocycles. The molecule has 2 unspecified atom stereocenters. The molecule has 2 aliphatic rings. The van der Waals surface area contributed by atoms with Gasteiger partial charge in [-0.3, -0.25) is 0 Å². The summed E-state index contributed by atoms with van der Waals surface area (Å²) in [6, 6.07) is 0. The maximum Gasteiger partial charge on any atom is 0.335 e. The van der Waals surface area contributed by atoms with Crippen LogP contribution in [0.5, 0.6) is 0 Å². The normalized spacial score (nSPS) is 22.8. The third-order valence-corrected chi connectivity index (χ3v) is 4.46. The Kier molecular flexibility index (Phi) is 5.81. The van der Waals surface area contributed by atoms with E-state index >= 15 is 0 Å². The first kappa shape index (κ1) is 16.8. The van der Waals surface area contributed by atoms with Crippen molar-refractivity contribution in [2.75, 3.05) is 13.2 Å². The van der Waals surface area contributed by atoms with Gasteiger partial charge in [0.05, 0.1) is 24.4 Å². The van der Waals surface area contributed by atoms with Gasteiger partial charge >= 0.3 is 11.9 Å². The van der Waals surface area contributed by atoms with E-state index in [4.69, 9.17) is 9.47 Å². The first-order chi connectivity index (χ1) is 10.6. The maximum atomic E-state index is 12.4. The molecule has 2 rings (SSSR count). The zero-order chi connectivity index (χ0) is 16.1. The van der Waals surface area contributed by atoms with Crippen molar-refractivity contribution in [2.24, 2.45) is 11.8 Å². The van der Waals surface area contributed by atoms with E-state index in [1.165, 1.54) is 0 Å². The number of ether oxygens (including phenoxy) is 2. The van der Waals surface area contributed by atoms with E-state index in [1.54, 1.807) is 6.92 Å². The molecule has 0 saturated carbocycles. The molecule has 0 amide bonds. The predicted octanol–water partition coefficient (Wildman–Crippen LogP) is 3.57. The van der Waals surface area contributed by atoms with Crippen LogP contribution in [0.4, 0.5) is 0 Å². The largest absolute Gasteiger partial charge is 0.463 e. The highest BCUT2D eigenvalue weighted by Crippen LogP contribution is 2.48. The molecule has 2 bridgehead atoms. The quantitative estimate of drug-likeness (QED) is 0.391. The van der Waals surface area contributed by atoms with Crippen LogP contribution >= 0.6 is 0 Å². The van der Waals surface area contributed by atoms with E-state index in [-0.39, 0.29) is 23.8 Å². The summed E-state index contributed by atoms with van der Waals surface area (Å²) >= 11 is 0. The lowest BCUT2D eigenvalue weighted by molar-refractivity contribution is -0.142. The van der Waals surface area contributed by atoms with Crippen molar-refractivity contribution in [1.29, 1.82) is 0 Å². The van der Waals surface area contributed by atoms with Crippen molar-refractivity contribution in [3.8, 4) is 0 Å². The first-order valence-corrected chi connectivity index (χ1v) is 8.36. The minimum absolute atomic E-state index is 0.0201. The highest BCUT2D eigenvalue weighted by molar-refractivity contribution is 6.03. The molecule has 0 saturated heterocycles. The Morgan fingerprint density at radius 2 is 1.82 bits per heavy atom. The molecule has 0 radical (unpaired) electrons. The monoisotopic (exact) mass is 306 g/mol. The van der Waals surface area contributed by atoms with Crippen molar-refractivity contribution in [3.63, 3.8) is 0 Å². The molecular weight excluding hydrogens is 280 g/mol. The van der Waals surface area contributed by atoms with E-state index in [9.17, 15) is 9.59 Å². The van der Waals surface area contributed by atoms with Crippen molar-refractivity contribution in [2.45, 2.75) is 52.9 Å². The Hall–Kier alpha value is -1.58. The van der Waals surface area contributed by atoms with Crippen LogP contribution in [0.15, 0.2) is 22.8 Å². The average molecular weight is 306 g/mol. The van der Waals surface area contributed by atoms with Crippen molar-refractivity contribution in [1.82, 2.24) is 0 Å². The number of esters is 2. The fraction of sp³-hybridized carbons (Fsp3) is 0.667. The van der Waals surface area contributed by atoms with Crippen LogP contribution in [-0.4, -0.2) is 25.2 Å². The van der Waals surface area contributed by atoms with E-state index in [1.807, 2.05) is 6.92 Å². The fourth-order valence-corrected chi connectivity index (χ4v) is 3.37. The highest BCUT2D eigenvalue weighted by atomic mass is 16.5. The Bertz CT molecular complexity index is 501. The maximum absolute atomic E-state index is 12.4. The van der Waals surface area contributed by atoms with Gasteiger partial charge in [-0.25, -0.2) is 9.59 Å². The molecular formula is C18H26O4. The summed E-state index contributed by atoms with van der Waals surface area (Å²) in [6.07, 6.45) is 7.14. The van der Waals surface area contributed by atoms with Gasteiger partial charge in [-0.2, -0.15) is 0 Å². The van der Waals surface area contributed by atoms with Crippen LogP contribution in [-0.2, 0) is 19.1 Å². The average Bonchev–Trinajstić information content (AvgIpc) is 3.03. The van der Waals surface area contributed by atoms with Gasteiger partial charge in [0.15, 0.2) is 0 Å². The van der Waals surface area contributed by atoms with E-state index < -0.39 is 0 Å². The fourth-order valence-electron chi connectivity index (χ4n) is 3.37. The van der Waals surface area contributed by atoms with Crippen molar-refractivity contribution < 1.29 is 19.1 Å². The van der Waals surface area contributed by atoms with Crippen LogP contribution in [0.25, 0.3) is 0 Å².